The average molecular weight is 361 g/mol. The molecule has 1 aromatic rings. The van der Waals surface area contributed by atoms with Crippen LogP contribution in [0.25, 0.3) is 0 Å². The number of furan rings is 1. The van der Waals surface area contributed by atoms with Gasteiger partial charge in [-0.2, -0.15) is 0 Å². The van der Waals surface area contributed by atoms with Gasteiger partial charge in [-0.05, 0) is 45.0 Å². The van der Waals surface area contributed by atoms with Crippen molar-refractivity contribution >= 4 is 11.8 Å². The fourth-order valence-corrected chi connectivity index (χ4v) is 4.44. The number of hydrogen-bond donors (Lipinski definition) is 1. The summed E-state index contributed by atoms with van der Waals surface area (Å²) in [7, 11) is 4.21. The number of likely N-dealkylation sites (N-methyl/N-ethyl adjacent to an activating group) is 1. The van der Waals surface area contributed by atoms with Crippen LogP contribution in [0.2, 0.25) is 0 Å². The van der Waals surface area contributed by atoms with Crippen molar-refractivity contribution < 1.29 is 14.0 Å². The lowest BCUT2D eigenvalue weighted by Crippen LogP contribution is -2.55. The second-order valence-corrected chi connectivity index (χ2v) is 8.29. The van der Waals surface area contributed by atoms with E-state index in [4.69, 9.17) is 4.42 Å². The van der Waals surface area contributed by atoms with Crippen LogP contribution in [-0.2, 0) is 16.1 Å². The molecule has 2 aliphatic rings. The first-order valence-electron chi connectivity index (χ1n) is 9.65. The fourth-order valence-electron chi connectivity index (χ4n) is 4.44. The Morgan fingerprint density at radius 3 is 2.92 bits per heavy atom. The minimum Gasteiger partial charge on any atom is -0.467 e. The Morgan fingerprint density at radius 2 is 2.27 bits per heavy atom. The monoisotopic (exact) mass is 361 g/mol. The second-order valence-electron chi connectivity index (χ2n) is 8.29. The quantitative estimate of drug-likeness (QED) is 0.844. The zero-order valence-corrected chi connectivity index (χ0v) is 16.2. The molecule has 1 aliphatic carbocycles. The van der Waals surface area contributed by atoms with Gasteiger partial charge in [-0.25, -0.2) is 0 Å². The molecule has 26 heavy (non-hydrogen) atoms. The molecule has 1 aliphatic heterocycles. The molecule has 0 unspecified atom stereocenters. The highest BCUT2D eigenvalue weighted by Crippen LogP contribution is 2.35. The zero-order valence-electron chi connectivity index (χ0n) is 16.2. The van der Waals surface area contributed by atoms with Gasteiger partial charge in [0.15, 0.2) is 0 Å². The largest absolute Gasteiger partial charge is 0.467 e. The number of carbonyl (C=O) groups is 2. The summed E-state index contributed by atoms with van der Waals surface area (Å²) < 4.78 is 5.32. The number of likely N-dealkylation sites (tertiary alicyclic amines) is 1. The summed E-state index contributed by atoms with van der Waals surface area (Å²) in [6.07, 6.45) is 6.58. The number of carbonyl (C=O) groups excluding carboxylic acids is 2. The molecule has 1 aromatic heterocycles. The van der Waals surface area contributed by atoms with Crippen LogP contribution in [0.3, 0.4) is 0 Å². The Labute approximate surface area is 155 Å². The molecule has 0 radical (unpaired) electrons. The number of hydrogen-bond acceptors (Lipinski definition) is 4. The van der Waals surface area contributed by atoms with Crippen molar-refractivity contribution in [1.82, 2.24) is 15.1 Å². The van der Waals surface area contributed by atoms with Gasteiger partial charge in [0.25, 0.3) is 0 Å². The maximum atomic E-state index is 12.7. The van der Waals surface area contributed by atoms with Crippen molar-refractivity contribution in [3.8, 4) is 0 Å². The number of nitrogens with zero attached hydrogens (tertiary/aromatic N) is 2. The van der Waals surface area contributed by atoms with E-state index in [9.17, 15) is 9.59 Å². The molecule has 1 saturated heterocycles. The smallest absolute Gasteiger partial charge is 0.225 e. The maximum absolute atomic E-state index is 12.7. The molecule has 3 rings (SSSR count). The molecule has 6 nitrogen and oxygen atoms in total. The molecule has 0 aromatic carbocycles. The highest BCUT2D eigenvalue weighted by atomic mass is 16.3. The molecule has 2 fully saturated rings. The van der Waals surface area contributed by atoms with Crippen molar-refractivity contribution in [2.75, 3.05) is 27.2 Å². The molecule has 1 N–H and O–H groups in total. The summed E-state index contributed by atoms with van der Waals surface area (Å²) in [5.41, 5.74) is 0.0315. The van der Waals surface area contributed by atoms with Crippen molar-refractivity contribution in [2.24, 2.45) is 11.8 Å². The van der Waals surface area contributed by atoms with Gasteiger partial charge in [0.1, 0.15) is 5.76 Å². The van der Waals surface area contributed by atoms with Gasteiger partial charge in [0.05, 0.1) is 18.7 Å². The number of amides is 2. The van der Waals surface area contributed by atoms with Crippen LogP contribution in [0.15, 0.2) is 22.8 Å². The summed E-state index contributed by atoms with van der Waals surface area (Å²) in [5, 5.41) is 3.15. The van der Waals surface area contributed by atoms with E-state index in [-0.39, 0.29) is 29.7 Å². The van der Waals surface area contributed by atoms with Crippen molar-refractivity contribution in [3.63, 3.8) is 0 Å². The first kappa shape index (κ1) is 19.0. The summed E-state index contributed by atoms with van der Waals surface area (Å²) in [6, 6.07) is 3.66. The summed E-state index contributed by atoms with van der Waals surface area (Å²) in [4.78, 5) is 28.9. The van der Waals surface area contributed by atoms with E-state index in [0.717, 1.165) is 18.6 Å². The van der Waals surface area contributed by atoms with E-state index < -0.39 is 0 Å². The standard InChI is InChI=1S/C20H31N3O3/c1-15-6-4-8-20(11-15,22(2)3)14-21-19(25)16-10-18(24)23(12-16)13-17-7-5-9-26-17/h5,7,9,15-16H,4,6,8,10-14H2,1-3H3,(H,21,25)/t15-,16+,20-/m1/s1. The third-order valence-electron chi connectivity index (χ3n) is 6.12. The third-order valence-corrected chi connectivity index (χ3v) is 6.12. The first-order chi connectivity index (χ1) is 12.4. The molecule has 6 heteroatoms. The van der Waals surface area contributed by atoms with E-state index in [1.807, 2.05) is 12.1 Å². The molecule has 3 atom stereocenters. The van der Waals surface area contributed by atoms with Crippen molar-refractivity contribution in [2.45, 2.75) is 51.1 Å². The fraction of sp³-hybridized carbons (Fsp3) is 0.700. The Balaban J connectivity index is 1.55. The predicted octanol–water partition coefficient (Wildman–Crippen LogP) is 2.25. The molecule has 2 amide bonds. The third kappa shape index (κ3) is 4.11. The number of rotatable bonds is 6. The predicted molar refractivity (Wildman–Crippen MR) is 99.3 cm³/mol. The lowest BCUT2D eigenvalue weighted by molar-refractivity contribution is -0.129. The van der Waals surface area contributed by atoms with E-state index in [0.29, 0.717) is 25.6 Å². The van der Waals surface area contributed by atoms with E-state index in [1.165, 1.54) is 12.8 Å². The topological polar surface area (TPSA) is 65.8 Å². The average Bonchev–Trinajstić information content (AvgIpc) is 3.23. The molecule has 0 spiro atoms. The minimum absolute atomic E-state index is 0.000235. The van der Waals surface area contributed by atoms with Crippen LogP contribution in [0.1, 0.15) is 44.8 Å². The Hall–Kier alpha value is -1.82. The van der Waals surface area contributed by atoms with Gasteiger partial charge in [-0.3, -0.25) is 9.59 Å². The van der Waals surface area contributed by atoms with Gasteiger partial charge in [0.2, 0.25) is 11.8 Å². The Morgan fingerprint density at radius 1 is 1.46 bits per heavy atom. The van der Waals surface area contributed by atoms with Gasteiger partial charge in [-0.1, -0.05) is 19.8 Å². The minimum atomic E-state index is -0.266. The molecule has 1 saturated carbocycles. The van der Waals surface area contributed by atoms with Crippen LogP contribution in [0.4, 0.5) is 0 Å². The van der Waals surface area contributed by atoms with Crippen LogP contribution in [0, 0.1) is 11.8 Å². The molecular formula is C20H31N3O3. The second kappa shape index (κ2) is 7.82. The molecule has 144 valence electrons. The summed E-state index contributed by atoms with van der Waals surface area (Å²) in [6.45, 7) is 3.86. The first-order valence-corrected chi connectivity index (χ1v) is 9.65. The van der Waals surface area contributed by atoms with Crippen LogP contribution in [-0.4, -0.2) is 54.3 Å². The van der Waals surface area contributed by atoms with Crippen molar-refractivity contribution in [3.05, 3.63) is 24.2 Å². The Bertz CT molecular complexity index is 628. The van der Waals surface area contributed by atoms with Crippen LogP contribution in [0.5, 0.6) is 0 Å². The highest BCUT2D eigenvalue weighted by Gasteiger charge is 2.39. The zero-order chi connectivity index (χ0) is 18.7. The highest BCUT2D eigenvalue weighted by molar-refractivity contribution is 5.89. The van der Waals surface area contributed by atoms with E-state index in [1.54, 1.807) is 11.2 Å². The normalized spacial score (nSPS) is 29.4. The van der Waals surface area contributed by atoms with Gasteiger partial charge in [0, 0.05) is 25.0 Å². The lowest BCUT2D eigenvalue weighted by Gasteiger charge is -2.45. The van der Waals surface area contributed by atoms with Gasteiger partial charge < -0.3 is 19.5 Å². The van der Waals surface area contributed by atoms with E-state index >= 15 is 0 Å². The SMILES string of the molecule is C[C@@H]1CCC[C@@](CNC(=O)[C@H]2CC(=O)N(Cc3ccco3)C2)(N(C)C)C1. The van der Waals surface area contributed by atoms with Gasteiger partial charge >= 0.3 is 0 Å². The Kier molecular flexibility index (Phi) is 5.70. The lowest BCUT2D eigenvalue weighted by atomic mass is 9.75. The van der Waals surface area contributed by atoms with Gasteiger partial charge in [-0.15, -0.1) is 0 Å². The number of nitrogens with one attached hydrogen (secondary N) is 1. The van der Waals surface area contributed by atoms with Crippen molar-refractivity contribution in [1.29, 1.82) is 0 Å². The molecule has 0 bridgehead atoms. The van der Waals surface area contributed by atoms with E-state index in [2.05, 4.69) is 31.2 Å². The summed E-state index contributed by atoms with van der Waals surface area (Å²) >= 11 is 0. The van der Waals surface area contributed by atoms with Crippen LogP contribution >= 0.6 is 0 Å². The summed E-state index contributed by atoms with van der Waals surface area (Å²) in [5.74, 6) is 1.19. The maximum Gasteiger partial charge on any atom is 0.225 e. The van der Waals surface area contributed by atoms with Crippen LogP contribution < -0.4 is 5.32 Å². The molecule has 2 heterocycles. The molecular weight excluding hydrogens is 330 g/mol.